The molecule has 3 heterocycles. The number of imidazole rings is 1. The number of oxime groups is 1. The van der Waals surface area contributed by atoms with Crippen LogP contribution < -0.4 is 11.1 Å². The second-order valence-electron chi connectivity index (χ2n) is 5.27. The molecule has 10 nitrogen and oxygen atoms in total. The fraction of sp³-hybridized carbons (Fsp3) is 0.286. The van der Waals surface area contributed by atoms with Crippen LogP contribution in [0.4, 0.5) is 15.4 Å². The number of anilines is 1. The zero-order valence-electron chi connectivity index (χ0n) is 12.7. The summed E-state index contributed by atoms with van der Waals surface area (Å²) in [6, 6.07) is 3.26. The summed E-state index contributed by atoms with van der Waals surface area (Å²) in [5, 5.41) is 14.0. The highest BCUT2D eigenvalue weighted by Crippen LogP contribution is 2.13. The zero-order chi connectivity index (χ0) is 17.1. The summed E-state index contributed by atoms with van der Waals surface area (Å²) >= 11 is 0. The molecule has 2 amide bonds. The van der Waals surface area contributed by atoms with Crippen LogP contribution in [-0.2, 0) is 4.74 Å². The smallest absolute Gasteiger partial charge is 0.409 e. The Labute approximate surface area is 136 Å². The number of hydrogen-bond donors (Lipinski definition) is 3. The SMILES string of the molecule is N/C(=N\O)c1ccc2nc(NC(=O)OC(=O)N3CCCC3)cn2c1. The number of ether oxygens (including phenoxy) is 1. The van der Waals surface area contributed by atoms with Crippen molar-refractivity contribution in [3.05, 3.63) is 30.1 Å². The van der Waals surface area contributed by atoms with E-state index in [1.807, 2.05) is 0 Å². The van der Waals surface area contributed by atoms with Gasteiger partial charge in [-0.15, -0.1) is 0 Å². The Hall–Kier alpha value is -3.30. The third-order valence-electron chi connectivity index (χ3n) is 3.63. The number of nitrogens with zero attached hydrogens (tertiary/aromatic N) is 4. The Morgan fingerprint density at radius 3 is 2.75 bits per heavy atom. The fourth-order valence-corrected chi connectivity index (χ4v) is 2.43. The molecule has 0 saturated carbocycles. The first-order valence-electron chi connectivity index (χ1n) is 7.31. The van der Waals surface area contributed by atoms with Gasteiger partial charge in [0.1, 0.15) is 5.65 Å². The van der Waals surface area contributed by atoms with E-state index in [0.29, 0.717) is 24.3 Å². The second kappa shape index (κ2) is 6.44. The maximum atomic E-state index is 11.8. The zero-order valence-corrected chi connectivity index (χ0v) is 12.7. The number of carbonyl (C=O) groups excluding carboxylic acids is 2. The van der Waals surface area contributed by atoms with Gasteiger partial charge in [-0.25, -0.2) is 14.6 Å². The van der Waals surface area contributed by atoms with Gasteiger partial charge in [0, 0.05) is 24.8 Å². The van der Waals surface area contributed by atoms with Gasteiger partial charge >= 0.3 is 12.2 Å². The van der Waals surface area contributed by atoms with E-state index in [4.69, 9.17) is 15.7 Å². The van der Waals surface area contributed by atoms with Crippen LogP contribution >= 0.6 is 0 Å². The lowest BCUT2D eigenvalue weighted by Crippen LogP contribution is -2.31. The first-order chi connectivity index (χ1) is 11.6. The average molecular weight is 332 g/mol. The molecule has 0 spiro atoms. The van der Waals surface area contributed by atoms with Crippen LogP contribution in [0.3, 0.4) is 0 Å². The van der Waals surface area contributed by atoms with E-state index in [9.17, 15) is 9.59 Å². The molecular formula is C14H16N6O4. The number of aromatic nitrogens is 2. The lowest BCUT2D eigenvalue weighted by Gasteiger charge is -2.13. The lowest BCUT2D eigenvalue weighted by atomic mass is 10.2. The van der Waals surface area contributed by atoms with Crippen molar-refractivity contribution in [3.63, 3.8) is 0 Å². The number of carbonyl (C=O) groups is 2. The van der Waals surface area contributed by atoms with E-state index in [2.05, 4.69) is 15.5 Å². The summed E-state index contributed by atoms with van der Waals surface area (Å²) < 4.78 is 6.32. The number of nitrogens with two attached hydrogens (primary N) is 1. The molecular weight excluding hydrogens is 316 g/mol. The minimum Gasteiger partial charge on any atom is -0.409 e. The molecule has 0 radical (unpaired) electrons. The first kappa shape index (κ1) is 15.6. The van der Waals surface area contributed by atoms with Gasteiger partial charge in [-0.1, -0.05) is 5.16 Å². The van der Waals surface area contributed by atoms with Gasteiger partial charge < -0.3 is 25.0 Å². The van der Waals surface area contributed by atoms with Crippen molar-refractivity contribution in [2.75, 3.05) is 18.4 Å². The molecule has 10 heteroatoms. The van der Waals surface area contributed by atoms with Crippen molar-refractivity contribution in [2.45, 2.75) is 12.8 Å². The Morgan fingerprint density at radius 1 is 1.29 bits per heavy atom. The van der Waals surface area contributed by atoms with Crippen LogP contribution in [-0.4, -0.2) is 50.6 Å². The molecule has 3 rings (SSSR count). The van der Waals surface area contributed by atoms with Gasteiger partial charge in [-0.2, -0.15) is 0 Å². The maximum absolute atomic E-state index is 11.8. The topological polar surface area (TPSA) is 135 Å². The second-order valence-corrected chi connectivity index (χ2v) is 5.27. The summed E-state index contributed by atoms with van der Waals surface area (Å²) in [6.07, 6.45) is 3.36. The number of amides is 2. The number of nitrogens with one attached hydrogen (secondary N) is 1. The minimum absolute atomic E-state index is 0.0456. The van der Waals surface area contributed by atoms with E-state index in [1.165, 1.54) is 11.1 Å². The molecule has 4 N–H and O–H groups in total. The van der Waals surface area contributed by atoms with Gasteiger partial charge in [0.15, 0.2) is 11.7 Å². The van der Waals surface area contributed by atoms with Gasteiger partial charge in [0.25, 0.3) is 0 Å². The quantitative estimate of drug-likeness (QED) is 0.249. The van der Waals surface area contributed by atoms with Gasteiger partial charge in [-0.3, -0.25) is 5.32 Å². The molecule has 0 bridgehead atoms. The summed E-state index contributed by atoms with van der Waals surface area (Å²) in [4.78, 5) is 29.2. The maximum Gasteiger partial charge on any atom is 0.421 e. The van der Waals surface area contributed by atoms with Crippen LogP contribution in [0.25, 0.3) is 5.65 Å². The molecule has 24 heavy (non-hydrogen) atoms. The van der Waals surface area contributed by atoms with E-state index < -0.39 is 12.2 Å². The van der Waals surface area contributed by atoms with E-state index in [0.717, 1.165) is 12.8 Å². The first-order valence-corrected chi connectivity index (χ1v) is 7.31. The van der Waals surface area contributed by atoms with Crippen molar-refractivity contribution in [2.24, 2.45) is 10.9 Å². The van der Waals surface area contributed by atoms with E-state index in [1.54, 1.807) is 22.7 Å². The molecule has 2 aromatic heterocycles. The molecule has 1 aliphatic heterocycles. The number of amidine groups is 1. The Morgan fingerprint density at radius 2 is 2.04 bits per heavy atom. The Bertz CT molecular complexity index is 809. The van der Waals surface area contributed by atoms with Crippen LogP contribution in [0.1, 0.15) is 18.4 Å². The van der Waals surface area contributed by atoms with Crippen molar-refractivity contribution in [1.29, 1.82) is 0 Å². The average Bonchev–Trinajstić information content (AvgIpc) is 3.22. The summed E-state index contributed by atoms with van der Waals surface area (Å²) in [5.41, 5.74) is 6.54. The molecule has 1 saturated heterocycles. The minimum atomic E-state index is -0.896. The number of likely N-dealkylation sites (tertiary alicyclic amines) is 1. The highest BCUT2D eigenvalue weighted by atomic mass is 16.6. The molecule has 1 aliphatic rings. The van der Waals surface area contributed by atoms with E-state index >= 15 is 0 Å². The monoisotopic (exact) mass is 332 g/mol. The van der Waals surface area contributed by atoms with Crippen LogP contribution in [0.15, 0.2) is 29.7 Å². The van der Waals surface area contributed by atoms with Gasteiger partial charge in [-0.05, 0) is 25.0 Å². The van der Waals surface area contributed by atoms with Crippen molar-refractivity contribution in [1.82, 2.24) is 14.3 Å². The highest BCUT2D eigenvalue weighted by Gasteiger charge is 2.22. The Balaban J connectivity index is 1.68. The van der Waals surface area contributed by atoms with E-state index in [-0.39, 0.29) is 11.7 Å². The summed E-state index contributed by atoms with van der Waals surface area (Å²) in [5.74, 6) is 0.168. The lowest BCUT2D eigenvalue weighted by molar-refractivity contribution is 0.132. The number of rotatable bonds is 2. The van der Waals surface area contributed by atoms with Crippen LogP contribution in [0.5, 0.6) is 0 Å². The van der Waals surface area contributed by atoms with Crippen LogP contribution in [0, 0.1) is 0 Å². The van der Waals surface area contributed by atoms with Gasteiger partial charge in [0.2, 0.25) is 0 Å². The molecule has 2 aromatic rings. The third kappa shape index (κ3) is 3.21. The Kier molecular flexibility index (Phi) is 4.18. The molecule has 1 fully saturated rings. The summed E-state index contributed by atoms with van der Waals surface area (Å²) in [7, 11) is 0. The number of hydrogen-bond acceptors (Lipinski definition) is 6. The summed E-state index contributed by atoms with van der Waals surface area (Å²) in [6.45, 7) is 1.19. The largest absolute Gasteiger partial charge is 0.421 e. The molecule has 0 aliphatic carbocycles. The van der Waals surface area contributed by atoms with Crippen molar-refractivity contribution < 1.29 is 19.5 Å². The number of pyridine rings is 1. The molecule has 0 aromatic carbocycles. The predicted molar refractivity (Wildman–Crippen MR) is 84.0 cm³/mol. The van der Waals surface area contributed by atoms with Crippen molar-refractivity contribution >= 4 is 29.5 Å². The predicted octanol–water partition coefficient (Wildman–Crippen LogP) is 1.19. The molecule has 0 atom stereocenters. The fourth-order valence-electron chi connectivity index (χ4n) is 2.43. The molecule has 126 valence electrons. The third-order valence-corrected chi connectivity index (χ3v) is 3.63. The molecule has 0 unspecified atom stereocenters. The van der Waals surface area contributed by atoms with Crippen molar-refractivity contribution in [3.8, 4) is 0 Å². The number of fused-ring (bicyclic) bond motifs is 1. The van der Waals surface area contributed by atoms with Gasteiger partial charge in [0.05, 0.1) is 6.20 Å². The highest BCUT2D eigenvalue weighted by molar-refractivity contribution is 5.97. The normalized spacial score (nSPS) is 14.8. The van der Waals surface area contributed by atoms with Crippen LogP contribution in [0.2, 0.25) is 0 Å². The standard InChI is InChI=1S/C14H16N6O4/c15-12(18-23)9-3-4-11-16-10(8-20(11)7-9)17-13(21)24-14(22)19-5-1-2-6-19/h3-4,7-8,23H,1-2,5-6H2,(H2,15,18)(H,17,21).